The molecule has 14 heavy (non-hydrogen) atoms. The molecule has 0 radical (unpaired) electrons. The Morgan fingerprint density at radius 1 is 1.57 bits per heavy atom. The van der Waals surface area contributed by atoms with Gasteiger partial charge in [0, 0.05) is 12.1 Å². The monoisotopic (exact) mass is 211 g/mol. The van der Waals surface area contributed by atoms with Crippen LogP contribution in [0.1, 0.15) is 17.5 Å². The van der Waals surface area contributed by atoms with Gasteiger partial charge in [-0.3, -0.25) is 0 Å². The van der Waals surface area contributed by atoms with Crippen LogP contribution < -0.4 is 5.73 Å². The summed E-state index contributed by atoms with van der Waals surface area (Å²) in [5.74, 6) is 0. The summed E-state index contributed by atoms with van der Waals surface area (Å²) >= 11 is 5.95. The topological polar surface area (TPSA) is 35.2 Å². The number of ether oxygens (including phenoxy) is 1. The number of methoxy groups -OCH3 is 1. The maximum atomic E-state index is 6.27. The van der Waals surface area contributed by atoms with Gasteiger partial charge in [-0.2, -0.15) is 0 Å². The Bertz CT molecular complexity index is 349. The molecule has 1 aliphatic carbocycles. The van der Waals surface area contributed by atoms with Gasteiger partial charge in [-0.1, -0.05) is 17.7 Å². The normalized spacial score (nSPS) is 25.1. The third kappa shape index (κ3) is 1.54. The molecule has 0 fully saturated rings. The molecule has 2 nitrogen and oxygen atoms in total. The summed E-state index contributed by atoms with van der Waals surface area (Å²) in [6.07, 6.45) is 1.96. The molecule has 0 aromatic heterocycles. The quantitative estimate of drug-likeness (QED) is 0.813. The highest BCUT2D eigenvalue weighted by molar-refractivity contribution is 6.30. The van der Waals surface area contributed by atoms with Crippen LogP contribution in [0.15, 0.2) is 18.2 Å². The average Bonchev–Trinajstić information content (AvgIpc) is 2.45. The number of fused-ring (bicyclic) bond motifs is 1. The van der Waals surface area contributed by atoms with Crippen LogP contribution >= 0.6 is 11.6 Å². The van der Waals surface area contributed by atoms with E-state index in [2.05, 4.69) is 6.07 Å². The van der Waals surface area contributed by atoms with E-state index in [0.717, 1.165) is 23.4 Å². The van der Waals surface area contributed by atoms with E-state index in [9.17, 15) is 0 Å². The van der Waals surface area contributed by atoms with E-state index in [0.29, 0.717) is 6.61 Å². The van der Waals surface area contributed by atoms with Crippen molar-refractivity contribution in [3.63, 3.8) is 0 Å². The van der Waals surface area contributed by atoms with E-state index in [1.165, 1.54) is 5.56 Å². The second-order valence-electron chi connectivity index (χ2n) is 3.89. The number of halogens is 1. The fourth-order valence-electron chi connectivity index (χ4n) is 2.13. The first-order valence-electron chi connectivity index (χ1n) is 4.72. The van der Waals surface area contributed by atoms with Crippen LogP contribution in [0.5, 0.6) is 0 Å². The SMILES string of the molecule is COCC1(N)CCc2ccc(Cl)cc21. The second-order valence-corrected chi connectivity index (χ2v) is 4.33. The molecule has 0 spiro atoms. The van der Waals surface area contributed by atoms with Gasteiger partial charge in [0.2, 0.25) is 0 Å². The smallest absolute Gasteiger partial charge is 0.0684 e. The Hall–Kier alpha value is -0.570. The number of hydrogen-bond acceptors (Lipinski definition) is 2. The minimum absolute atomic E-state index is 0.338. The van der Waals surface area contributed by atoms with E-state index in [1.54, 1.807) is 7.11 Å². The number of benzene rings is 1. The van der Waals surface area contributed by atoms with E-state index in [4.69, 9.17) is 22.1 Å². The van der Waals surface area contributed by atoms with Crippen LogP contribution in [0.25, 0.3) is 0 Å². The molecule has 1 atom stereocenters. The number of aryl methyl sites for hydroxylation is 1. The van der Waals surface area contributed by atoms with Gasteiger partial charge in [-0.25, -0.2) is 0 Å². The van der Waals surface area contributed by atoms with Gasteiger partial charge >= 0.3 is 0 Å². The third-order valence-corrected chi connectivity index (χ3v) is 3.09. The summed E-state index contributed by atoms with van der Waals surface area (Å²) in [6.45, 7) is 0.556. The highest BCUT2D eigenvalue weighted by Crippen LogP contribution is 2.36. The molecule has 0 saturated heterocycles. The van der Waals surface area contributed by atoms with E-state index >= 15 is 0 Å². The van der Waals surface area contributed by atoms with Crippen molar-refractivity contribution >= 4 is 11.6 Å². The van der Waals surface area contributed by atoms with Crippen molar-refractivity contribution in [1.29, 1.82) is 0 Å². The fourth-order valence-corrected chi connectivity index (χ4v) is 2.30. The molecule has 1 aromatic rings. The zero-order chi connectivity index (χ0) is 10.2. The first-order valence-corrected chi connectivity index (χ1v) is 5.10. The van der Waals surface area contributed by atoms with Gasteiger partial charge in [-0.15, -0.1) is 0 Å². The molecule has 2 rings (SSSR count). The lowest BCUT2D eigenvalue weighted by molar-refractivity contribution is 0.132. The molecule has 1 aliphatic rings. The number of nitrogens with two attached hydrogens (primary N) is 1. The lowest BCUT2D eigenvalue weighted by Gasteiger charge is -2.24. The zero-order valence-corrected chi connectivity index (χ0v) is 8.97. The third-order valence-electron chi connectivity index (χ3n) is 2.85. The van der Waals surface area contributed by atoms with Gasteiger partial charge in [0.05, 0.1) is 12.1 Å². The summed E-state index contributed by atoms with van der Waals surface area (Å²) in [5.41, 5.74) is 8.37. The Kier molecular flexibility index (Phi) is 2.52. The molecule has 0 aliphatic heterocycles. The van der Waals surface area contributed by atoms with Crippen LogP contribution in [0.3, 0.4) is 0 Å². The molecule has 1 aromatic carbocycles. The van der Waals surface area contributed by atoms with Gasteiger partial charge in [-0.05, 0) is 36.1 Å². The van der Waals surface area contributed by atoms with Crippen molar-refractivity contribution in [2.45, 2.75) is 18.4 Å². The lowest BCUT2D eigenvalue weighted by atomic mass is 9.94. The van der Waals surface area contributed by atoms with Crippen molar-refractivity contribution in [3.8, 4) is 0 Å². The highest BCUT2D eigenvalue weighted by Gasteiger charge is 2.34. The average molecular weight is 212 g/mol. The van der Waals surface area contributed by atoms with Crippen molar-refractivity contribution in [3.05, 3.63) is 34.3 Å². The first kappa shape index (κ1) is 9.97. The largest absolute Gasteiger partial charge is 0.382 e. The maximum absolute atomic E-state index is 6.27. The van der Waals surface area contributed by atoms with Gasteiger partial charge in [0.1, 0.15) is 0 Å². The zero-order valence-electron chi connectivity index (χ0n) is 8.22. The Morgan fingerprint density at radius 3 is 3.07 bits per heavy atom. The minimum Gasteiger partial charge on any atom is -0.382 e. The molecule has 2 N–H and O–H groups in total. The highest BCUT2D eigenvalue weighted by atomic mass is 35.5. The van der Waals surface area contributed by atoms with Crippen molar-refractivity contribution in [2.24, 2.45) is 5.73 Å². The number of rotatable bonds is 2. The molecule has 3 heteroatoms. The van der Waals surface area contributed by atoms with E-state index < -0.39 is 0 Å². The number of hydrogen-bond donors (Lipinski definition) is 1. The van der Waals surface area contributed by atoms with Crippen LogP contribution in [-0.4, -0.2) is 13.7 Å². The van der Waals surface area contributed by atoms with Crippen molar-refractivity contribution < 1.29 is 4.74 Å². The summed E-state index contributed by atoms with van der Waals surface area (Å²) in [7, 11) is 1.68. The van der Waals surface area contributed by atoms with Crippen LogP contribution in [0.4, 0.5) is 0 Å². The Morgan fingerprint density at radius 2 is 2.36 bits per heavy atom. The molecule has 0 saturated carbocycles. The van der Waals surface area contributed by atoms with Crippen molar-refractivity contribution in [2.75, 3.05) is 13.7 Å². The molecule has 0 heterocycles. The molecule has 1 unspecified atom stereocenters. The predicted molar refractivity (Wildman–Crippen MR) is 57.5 cm³/mol. The summed E-state index contributed by atoms with van der Waals surface area (Å²) in [6, 6.07) is 5.93. The summed E-state index contributed by atoms with van der Waals surface area (Å²) < 4.78 is 5.16. The Labute approximate surface area is 89.0 Å². The van der Waals surface area contributed by atoms with Crippen molar-refractivity contribution in [1.82, 2.24) is 0 Å². The molecular weight excluding hydrogens is 198 g/mol. The summed E-state index contributed by atoms with van der Waals surface area (Å²) in [4.78, 5) is 0. The van der Waals surface area contributed by atoms with E-state index in [-0.39, 0.29) is 5.54 Å². The van der Waals surface area contributed by atoms with Gasteiger partial charge in [0.25, 0.3) is 0 Å². The van der Waals surface area contributed by atoms with E-state index in [1.807, 2.05) is 12.1 Å². The molecule has 76 valence electrons. The Balaban J connectivity index is 2.41. The first-order chi connectivity index (χ1) is 6.65. The van der Waals surface area contributed by atoms with Crippen LogP contribution in [0, 0.1) is 0 Å². The molecule has 0 amide bonds. The maximum Gasteiger partial charge on any atom is 0.0684 e. The van der Waals surface area contributed by atoms with Crippen LogP contribution in [-0.2, 0) is 16.7 Å². The molecular formula is C11H14ClNO. The van der Waals surface area contributed by atoms with Gasteiger partial charge < -0.3 is 10.5 Å². The molecule has 0 bridgehead atoms. The van der Waals surface area contributed by atoms with Crippen LogP contribution in [0.2, 0.25) is 5.02 Å². The fraction of sp³-hybridized carbons (Fsp3) is 0.455. The summed E-state index contributed by atoms with van der Waals surface area (Å²) in [5, 5.41) is 0.747. The lowest BCUT2D eigenvalue weighted by Crippen LogP contribution is -2.38. The predicted octanol–water partition coefficient (Wildman–Crippen LogP) is 2.09. The second kappa shape index (κ2) is 3.54. The standard InChI is InChI=1S/C11H14ClNO/c1-14-7-11(13)5-4-8-2-3-9(12)6-10(8)11/h2-3,6H,4-5,7,13H2,1H3. The van der Waals surface area contributed by atoms with Gasteiger partial charge in [0.15, 0.2) is 0 Å². The minimum atomic E-state index is -0.338.